The molecule has 7 heteroatoms. The molecule has 1 aliphatic heterocycles. The number of carbonyl (C=O) groups excluding carboxylic acids is 1. The molecule has 0 atom stereocenters. The lowest BCUT2D eigenvalue weighted by molar-refractivity contribution is 0.0757. The monoisotopic (exact) mass is 348 g/mol. The maximum Gasteiger partial charge on any atom is 0.289 e. The summed E-state index contributed by atoms with van der Waals surface area (Å²) in [7, 11) is 0. The third kappa shape index (κ3) is 3.17. The molecule has 1 fully saturated rings. The van der Waals surface area contributed by atoms with Gasteiger partial charge in [0.2, 0.25) is 0 Å². The van der Waals surface area contributed by atoms with Gasteiger partial charge < -0.3 is 15.1 Å². The highest BCUT2D eigenvalue weighted by Crippen LogP contribution is 2.39. The number of nitrogens with one attached hydrogen (secondary N) is 1. The highest BCUT2D eigenvalue weighted by atomic mass is 32.1. The van der Waals surface area contributed by atoms with Crippen molar-refractivity contribution < 1.29 is 9.21 Å². The van der Waals surface area contributed by atoms with Crippen molar-refractivity contribution >= 4 is 28.9 Å². The number of carbonyl (C=O) groups is 1. The first-order chi connectivity index (χ1) is 11.3. The van der Waals surface area contributed by atoms with Crippen molar-refractivity contribution in [2.75, 3.05) is 13.1 Å². The van der Waals surface area contributed by atoms with Gasteiger partial charge in [-0.25, -0.2) is 0 Å². The summed E-state index contributed by atoms with van der Waals surface area (Å²) in [5.74, 6) is 1.26. The molecule has 1 saturated heterocycles. The quantitative estimate of drug-likeness (QED) is 0.633. The summed E-state index contributed by atoms with van der Waals surface area (Å²) in [6, 6.07) is 0. The normalized spacial score (nSPS) is 21.0. The van der Waals surface area contributed by atoms with Crippen LogP contribution in [-0.4, -0.2) is 34.7 Å². The predicted octanol–water partition coefficient (Wildman–Crippen LogP) is 2.33. The molecule has 0 spiro atoms. The number of fused-ring (bicyclic) bond motifs is 1. The summed E-state index contributed by atoms with van der Waals surface area (Å²) in [5, 5.41) is 4.49. The minimum absolute atomic E-state index is 0.00197. The fourth-order valence-corrected chi connectivity index (χ4v) is 3.65. The second-order valence-corrected chi connectivity index (χ2v) is 7.85. The number of rotatable bonds is 2. The van der Waals surface area contributed by atoms with E-state index in [1.54, 1.807) is 0 Å². The molecule has 3 rings (SSSR count). The smallest absolute Gasteiger partial charge is 0.289 e. The topological polar surface area (TPSA) is 83.9 Å². The van der Waals surface area contributed by atoms with E-state index in [2.05, 4.69) is 24.4 Å². The molecule has 3 N–H and O–H groups in total. The van der Waals surface area contributed by atoms with Gasteiger partial charge in [-0.3, -0.25) is 10.2 Å². The third-order valence-corrected chi connectivity index (χ3v) is 4.77. The summed E-state index contributed by atoms with van der Waals surface area (Å²) in [6.45, 7) is 7.86. The zero-order chi connectivity index (χ0) is 17.5. The largest absolute Gasteiger partial charge is 0.455 e. The number of furan rings is 1. The molecule has 0 saturated carbocycles. The first kappa shape index (κ1) is 17.0. The van der Waals surface area contributed by atoms with E-state index in [1.807, 2.05) is 11.8 Å². The van der Waals surface area contributed by atoms with Crippen LogP contribution in [0.3, 0.4) is 0 Å². The van der Waals surface area contributed by atoms with Crippen molar-refractivity contribution in [1.29, 1.82) is 0 Å². The minimum Gasteiger partial charge on any atom is -0.455 e. The van der Waals surface area contributed by atoms with Gasteiger partial charge in [0.05, 0.1) is 5.71 Å². The third-order valence-electron chi connectivity index (χ3n) is 4.68. The molecule has 1 aromatic heterocycles. The maximum atomic E-state index is 12.8. The molecule has 1 aliphatic carbocycles. The molecule has 130 valence electrons. The molecule has 6 nitrogen and oxygen atoms in total. The Morgan fingerprint density at radius 2 is 2.00 bits per heavy atom. The number of thiocarbonyl (C=S) groups is 1. The SMILES string of the molecule is Cc1c(C(=O)N2CCCC2)oc2c1/C(=N\NC(N)=S)CC(C)(C)C2. The van der Waals surface area contributed by atoms with Crippen LogP contribution in [0.15, 0.2) is 9.52 Å². The van der Waals surface area contributed by atoms with Crippen LogP contribution in [0.1, 0.15) is 60.6 Å². The highest BCUT2D eigenvalue weighted by molar-refractivity contribution is 7.80. The first-order valence-corrected chi connectivity index (χ1v) is 8.73. The zero-order valence-electron chi connectivity index (χ0n) is 14.4. The van der Waals surface area contributed by atoms with Gasteiger partial charge in [0, 0.05) is 30.6 Å². The number of hydrogen-bond acceptors (Lipinski definition) is 4. The van der Waals surface area contributed by atoms with Crippen LogP contribution >= 0.6 is 12.2 Å². The summed E-state index contributed by atoms with van der Waals surface area (Å²) in [5.41, 5.74) is 10.8. The van der Waals surface area contributed by atoms with Gasteiger partial charge in [0.1, 0.15) is 5.76 Å². The second-order valence-electron chi connectivity index (χ2n) is 7.41. The van der Waals surface area contributed by atoms with Crippen molar-refractivity contribution in [3.05, 3.63) is 22.6 Å². The highest BCUT2D eigenvalue weighted by Gasteiger charge is 2.37. The maximum absolute atomic E-state index is 12.8. The van der Waals surface area contributed by atoms with Crippen LogP contribution in [0.4, 0.5) is 0 Å². The van der Waals surface area contributed by atoms with Gasteiger partial charge in [-0.2, -0.15) is 5.10 Å². The second kappa shape index (κ2) is 6.20. The van der Waals surface area contributed by atoms with Gasteiger partial charge >= 0.3 is 0 Å². The molecule has 0 bridgehead atoms. The molecule has 2 heterocycles. The molecule has 0 aromatic carbocycles. The Morgan fingerprint density at radius 3 is 2.62 bits per heavy atom. The summed E-state index contributed by atoms with van der Waals surface area (Å²) in [4.78, 5) is 14.6. The van der Waals surface area contributed by atoms with Crippen LogP contribution < -0.4 is 11.2 Å². The number of likely N-dealkylation sites (tertiary alicyclic amines) is 1. The van der Waals surface area contributed by atoms with E-state index in [1.165, 1.54) is 0 Å². The summed E-state index contributed by atoms with van der Waals surface area (Å²) in [6.07, 6.45) is 3.67. The van der Waals surface area contributed by atoms with E-state index in [-0.39, 0.29) is 16.4 Å². The Bertz CT molecular complexity index is 714. The Morgan fingerprint density at radius 1 is 1.33 bits per heavy atom. The Labute approximate surface area is 147 Å². The van der Waals surface area contributed by atoms with E-state index in [0.29, 0.717) is 5.76 Å². The number of amides is 1. The van der Waals surface area contributed by atoms with E-state index >= 15 is 0 Å². The molecule has 0 unspecified atom stereocenters. The lowest BCUT2D eigenvalue weighted by atomic mass is 9.75. The fraction of sp³-hybridized carbons (Fsp3) is 0.588. The van der Waals surface area contributed by atoms with Crippen molar-refractivity contribution in [2.24, 2.45) is 16.3 Å². The van der Waals surface area contributed by atoms with Crippen molar-refractivity contribution in [3.8, 4) is 0 Å². The van der Waals surface area contributed by atoms with Crippen LogP contribution in [0.25, 0.3) is 0 Å². The average molecular weight is 348 g/mol. The fourth-order valence-electron chi connectivity index (χ4n) is 3.60. The first-order valence-electron chi connectivity index (χ1n) is 8.32. The van der Waals surface area contributed by atoms with E-state index in [0.717, 1.165) is 61.4 Å². The van der Waals surface area contributed by atoms with E-state index in [4.69, 9.17) is 22.4 Å². The molecule has 1 aromatic rings. The number of hydrazone groups is 1. The number of hydrogen-bond donors (Lipinski definition) is 2. The average Bonchev–Trinajstić information content (AvgIpc) is 3.11. The molecule has 1 amide bonds. The van der Waals surface area contributed by atoms with Crippen molar-refractivity contribution in [1.82, 2.24) is 10.3 Å². The standard InChI is InChI=1S/C17H24N4O2S/c1-10-13-11(19-20-16(18)24)8-17(2,3)9-12(13)23-14(10)15(22)21-6-4-5-7-21/h4-9H2,1-3H3,(H3,18,20,24)/b19-11-. The van der Waals surface area contributed by atoms with Gasteiger partial charge in [-0.1, -0.05) is 13.8 Å². The number of nitrogens with two attached hydrogens (primary N) is 1. The van der Waals surface area contributed by atoms with Gasteiger partial charge in [0.25, 0.3) is 5.91 Å². The molecular weight excluding hydrogens is 324 g/mol. The zero-order valence-corrected chi connectivity index (χ0v) is 15.3. The van der Waals surface area contributed by atoms with Gasteiger partial charge in [0.15, 0.2) is 10.9 Å². The Balaban J connectivity index is 2.01. The van der Waals surface area contributed by atoms with Crippen molar-refractivity contribution in [2.45, 2.75) is 46.5 Å². The number of nitrogens with zero attached hydrogens (tertiary/aromatic N) is 2. The van der Waals surface area contributed by atoms with E-state index < -0.39 is 0 Å². The van der Waals surface area contributed by atoms with Crippen LogP contribution in [0, 0.1) is 12.3 Å². The molecule has 24 heavy (non-hydrogen) atoms. The molecule has 2 aliphatic rings. The summed E-state index contributed by atoms with van der Waals surface area (Å²) < 4.78 is 6.02. The van der Waals surface area contributed by atoms with Gasteiger partial charge in [-0.15, -0.1) is 0 Å². The van der Waals surface area contributed by atoms with E-state index in [9.17, 15) is 4.79 Å². The van der Waals surface area contributed by atoms with Gasteiger partial charge in [-0.05, 0) is 43.8 Å². The van der Waals surface area contributed by atoms with Crippen LogP contribution in [0.2, 0.25) is 0 Å². The minimum atomic E-state index is -0.0149. The van der Waals surface area contributed by atoms with Crippen molar-refractivity contribution in [3.63, 3.8) is 0 Å². The Kier molecular flexibility index (Phi) is 4.38. The molecular formula is C17H24N4O2S. The lowest BCUT2D eigenvalue weighted by Crippen LogP contribution is -2.31. The molecule has 0 radical (unpaired) electrons. The predicted molar refractivity (Wildman–Crippen MR) is 97.1 cm³/mol. The van der Waals surface area contributed by atoms with Crippen LogP contribution in [0.5, 0.6) is 0 Å². The van der Waals surface area contributed by atoms with Crippen LogP contribution in [-0.2, 0) is 6.42 Å². The lowest BCUT2D eigenvalue weighted by Gasteiger charge is -2.29. The Hall–Kier alpha value is -1.89. The summed E-state index contributed by atoms with van der Waals surface area (Å²) >= 11 is 4.85.